The number of halogens is 5. The predicted octanol–water partition coefficient (Wildman–Crippen LogP) is 5.78. The Morgan fingerprint density at radius 3 is 2.50 bits per heavy atom. The molecule has 1 aliphatic carbocycles. The first-order valence-electron chi connectivity index (χ1n) is 11.9. The summed E-state index contributed by atoms with van der Waals surface area (Å²) in [5.41, 5.74) is 2.64. The molecule has 1 aromatic heterocycles. The normalized spacial score (nSPS) is 18.8. The van der Waals surface area contributed by atoms with Crippen LogP contribution in [0.2, 0.25) is 10.0 Å². The van der Waals surface area contributed by atoms with E-state index in [-0.39, 0.29) is 23.3 Å². The summed E-state index contributed by atoms with van der Waals surface area (Å²) < 4.78 is 47.1. The van der Waals surface area contributed by atoms with Crippen LogP contribution in [0.3, 0.4) is 0 Å². The molecule has 10 heteroatoms. The summed E-state index contributed by atoms with van der Waals surface area (Å²) in [6.45, 7) is 5.97. The summed E-state index contributed by atoms with van der Waals surface area (Å²) in [6.07, 6.45) is -2.87. The molecule has 0 radical (unpaired) electrons. The Labute approximate surface area is 219 Å². The lowest BCUT2D eigenvalue weighted by atomic mass is 9.87. The van der Waals surface area contributed by atoms with E-state index in [4.69, 9.17) is 27.9 Å². The molecule has 2 heterocycles. The van der Waals surface area contributed by atoms with Crippen LogP contribution in [-0.2, 0) is 18.2 Å². The van der Waals surface area contributed by atoms with E-state index in [1.807, 2.05) is 6.07 Å². The number of fused-ring (bicyclic) bond motifs is 1. The first-order valence-corrected chi connectivity index (χ1v) is 12.7. The number of carbonyl (C=O) groups is 1. The number of ether oxygens (including phenoxy) is 1. The van der Waals surface area contributed by atoms with Gasteiger partial charge in [0.15, 0.2) is 0 Å². The average Bonchev–Trinajstić information content (AvgIpc) is 3.15. The summed E-state index contributed by atoms with van der Waals surface area (Å²) in [5.74, 6) is -0.412. The van der Waals surface area contributed by atoms with E-state index in [0.717, 1.165) is 30.9 Å². The standard InChI is InChI=1S/C26H30Cl2F3N3O2/c1-16-12-17(26(29,30)31)13-23-20(16)14-18(32(23)2)15-21-22(27)5-4-19(24(21)28)25(35)34-8-6-33(7-9-34)10-11-36-3/h4-5,13-14,16H,6-12,15H2,1-3H3. The number of aromatic nitrogens is 1. The Morgan fingerprint density at radius 1 is 1.17 bits per heavy atom. The summed E-state index contributed by atoms with van der Waals surface area (Å²) >= 11 is 13.2. The SMILES string of the molecule is COCCN1CCN(C(=O)c2ccc(Cl)c(Cc3cc4c(n3C)C=C(C(F)(F)F)CC4C)c2Cl)CC1. The van der Waals surface area contributed by atoms with Gasteiger partial charge in [-0.15, -0.1) is 0 Å². The van der Waals surface area contributed by atoms with Crippen molar-refractivity contribution in [3.05, 3.63) is 61.9 Å². The van der Waals surface area contributed by atoms with Gasteiger partial charge in [0.05, 0.1) is 17.2 Å². The van der Waals surface area contributed by atoms with Crippen molar-refractivity contribution in [2.24, 2.45) is 7.05 Å². The molecule has 0 saturated carbocycles. The fourth-order valence-corrected chi connectivity index (χ4v) is 5.56. The molecule has 1 aromatic carbocycles. The molecule has 196 valence electrons. The third-order valence-electron chi connectivity index (χ3n) is 7.19. The van der Waals surface area contributed by atoms with Crippen LogP contribution in [0.1, 0.15) is 52.1 Å². The van der Waals surface area contributed by atoms with Crippen LogP contribution in [0.5, 0.6) is 0 Å². The van der Waals surface area contributed by atoms with Gasteiger partial charge in [-0.25, -0.2) is 0 Å². The quantitative estimate of drug-likeness (QED) is 0.463. The van der Waals surface area contributed by atoms with Crippen LogP contribution in [-0.4, -0.2) is 72.9 Å². The molecule has 1 atom stereocenters. The molecule has 1 unspecified atom stereocenters. The summed E-state index contributed by atoms with van der Waals surface area (Å²) in [4.78, 5) is 17.3. The van der Waals surface area contributed by atoms with Gasteiger partial charge in [-0.05, 0) is 47.7 Å². The number of hydrogen-bond donors (Lipinski definition) is 0. The second-order valence-corrected chi connectivity index (χ2v) is 10.3. The highest BCUT2D eigenvalue weighted by molar-refractivity contribution is 6.38. The molecule has 2 aliphatic rings. The van der Waals surface area contributed by atoms with Gasteiger partial charge >= 0.3 is 6.18 Å². The van der Waals surface area contributed by atoms with Crippen molar-refractivity contribution < 1.29 is 22.7 Å². The van der Waals surface area contributed by atoms with Crippen molar-refractivity contribution in [3.8, 4) is 0 Å². The Bertz CT molecular complexity index is 1170. The van der Waals surface area contributed by atoms with Gasteiger partial charge in [-0.3, -0.25) is 9.69 Å². The molecule has 36 heavy (non-hydrogen) atoms. The molecule has 2 aromatic rings. The van der Waals surface area contributed by atoms with Crippen LogP contribution >= 0.6 is 23.2 Å². The van der Waals surface area contributed by atoms with E-state index < -0.39 is 11.7 Å². The number of hydrogen-bond acceptors (Lipinski definition) is 3. The molecule has 1 aliphatic heterocycles. The Kier molecular flexibility index (Phi) is 8.10. The molecule has 1 amide bonds. The maximum absolute atomic E-state index is 13.4. The number of allylic oxidation sites excluding steroid dienone is 1. The Hall–Kier alpha value is -2.00. The number of piperazine rings is 1. The molecule has 4 rings (SSSR count). The van der Waals surface area contributed by atoms with Gasteiger partial charge in [-0.2, -0.15) is 13.2 Å². The molecule has 0 N–H and O–H groups in total. The fraction of sp³-hybridized carbons (Fsp3) is 0.500. The van der Waals surface area contributed by atoms with Crippen molar-refractivity contribution in [2.45, 2.75) is 31.9 Å². The highest BCUT2D eigenvalue weighted by Crippen LogP contribution is 2.42. The average molecular weight is 544 g/mol. The third kappa shape index (κ3) is 5.47. The molecule has 0 spiro atoms. The smallest absolute Gasteiger partial charge is 0.383 e. The minimum absolute atomic E-state index is 0.0514. The highest BCUT2D eigenvalue weighted by Gasteiger charge is 2.38. The van der Waals surface area contributed by atoms with Crippen molar-refractivity contribution in [1.29, 1.82) is 0 Å². The van der Waals surface area contributed by atoms with Crippen molar-refractivity contribution in [3.63, 3.8) is 0 Å². The number of alkyl halides is 3. The van der Waals surface area contributed by atoms with E-state index >= 15 is 0 Å². The van der Waals surface area contributed by atoms with Crippen molar-refractivity contribution in [1.82, 2.24) is 14.4 Å². The first kappa shape index (κ1) is 27.0. The summed E-state index contributed by atoms with van der Waals surface area (Å²) in [7, 11) is 3.41. The minimum atomic E-state index is -4.35. The topological polar surface area (TPSA) is 37.7 Å². The second-order valence-electron chi connectivity index (χ2n) is 9.50. The predicted molar refractivity (Wildman–Crippen MR) is 136 cm³/mol. The maximum atomic E-state index is 13.4. The summed E-state index contributed by atoms with van der Waals surface area (Å²) in [6, 6.07) is 5.23. The number of methoxy groups -OCH3 is 1. The Morgan fingerprint density at radius 2 is 1.86 bits per heavy atom. The monoisotopic (exact) mass is 543 g/mol. The highest BCUT2D eigenvalue weighted by atomic mass is 35.5. The zero-order valence-electron chi connectivity index (χ0n) is 20.6. The molecule has 0 bridgehead atoms. The number of benzene rings is 1. The van der Waals surface area contributed by atoms with Crippen LogP contribution in [0, 0.1) is 0 Å². The Balaban J connectivity index is 1.57. The third-order valence-corrected chi connectivity index (χ3v) is 7.97. The van der Waals surface area contributed by atoms with Gasteiger partial charge in [0, 0.05) is 75.3 Å². The zero-order valence-corrected chi connectivity index (χ0v) is 22.1. The van der Waals surface area contributed by atoms with Gasteiger partial charge in [0.2, 0.25) is 0 Å². The summed E-state index contributed by atoms with van der Waals surface area (Å²) in [5, 5.41) is 0.702. The first-order chi connectivity index (χ1) is 17.0. The van der Waals surface area contributed by atoms with Gasteiger partial charge in [-0.1, -0.05) is 30.1 Å². The van der Waals surface area contributed by atoms with E-state index in [2.05, 4.69) is 4.90 Å². The van der Waals surface area contributed by atoms with Crippen molar-refractivity contribution >= 4 is 35.2 Å². The molecule has 5 nitrogen and oxygen atoms in total. The number of amides is 1. The molecule has 1 saturated heterocycles. The second kappa shape index (κ2) is 10.8. The van der Waals surface area contributed by atoms with E-state index in [0.29, 0.717) is 48.0 Å². The van der Waals surface area contributed by atoms with Crippen LogP contribution < -0.4 is 0 Å². The van der Waals surface area contributed by atoms with E-state index in [1.54, 1.807) is 42.7 Å². The van der Waals surface area contributed by atoms with Gasteiger partial charge < -0.3 is 14.2 Å². The lowest BCUT2D eigenvalue weighted by Crippen LogP contribution is -2.49. The lowest BCUT2D eigenvalue weighted by molar-refractivity contribution is -0.0937. The molecular weight excluding hydrogens is 514 g/mol. The van der Waals surface area contributed by atoms with Crippen LogP contribution in [0.15, 0.2) is 23.8 Å². The zero-order chi connectivity index (χ0) is 26.2. The van der Waals surface area contributed by atoms with E-state index in [1.165, 1.54) is 6.08 Å². The number of carbonyl (C=O) groups excluding carboxylic acids is 1. The number of rotatable bonds is 6. The minimum Gasteiger partial charge on any atom is -0.383 e. The number of nitrogens with zero attached hydrogens (tertiary/aromatic N) is 3. The van der Waals surface area contributed by atoms with Gasteiger partial charge in [0.25, 0.3) is 5.91 Å². The largest absolute Gasteiger partial charge is 0.412 e. The maximum Gasteiger partial charge on any atom is 0.412 e. The van der Waals surface area contributed by atoms with E-state index in [9.17, 15) is 18.0 Å². The van der Waals surface area contributed by atoms with Crippen LogP contribution in [0.25, 0.3) is 6.08 Å². The fourth-order valence-electron chi connectivity index (χ4n) is 4.98. The molecule has 1 fully saturated rings. The van der Waals surface area contributed by atoms with Crippen LogP contribution in [0.4, 0.5) is 13.2 Å². The van der Waals surface area contributed by atoms with Gasteiger partial charge in [0.1, 0.15) is 0 Å². The lowest BCUT2D eigenvalue weighted by Gasteiger charge is -2.34. The molecular formula is C26H30Cl2F3N3O2. The van der Waals surface area contributed by atoms with Crippen molar-refractivity contribution in [2.75, 3.05) is 46.4 Å².